The molecule has 1 saturated carbocycles. The number of rotatable bonds is 6. The van der Waals surface area contributed by atoms with E-state index in [0.29, 0.717) is 6.04 Å². The van der Waals surface area contributed by atoms with E-state index >= 15 is 0 Å². The van der Waals surface area contributed by atoms with Crippen molar-refractivity contribution in [1.82, 2.24) is 20.1 Å². The van der Waals surface area contributed by atoms with E-state index in [-0.39, 0.29) is 0 Å². The number of hydrogen-bond donors (Lipinski definition) is 1. The first-order chi connectivity index (χ1) is 9.35. The Labute approximate surface area is 112 Å². The van der Waals surface area contributed by atoms with Crippen molar-refractivity contribution in [3.63, 3.8) is 0 Å². The lowest BCUT2D eigenvalue weighted by molar-refractivity contribution is 0.468. The zero-order valence-corrected chi connectivity index (χ0v) is 11.0. The summed E-state index contributed by atoms with van der Waals surface area (Å²) in [7, 11) is 0. The number of aromatic nitrogens is 3. The zero-order chi connectivity index (χ0) is 13.1. The number of nitrogens with zero attached hydrogens (tertiary/aromatic N) is 3. The van der Waals surface area contributed by atoms with Crippen LogP contribution in [0, 0.1) is 0 Å². The molecule has 2 heterocycles. The van der Waals surface area contributed by atoms with E-state index in [4.69, 9.17) is 4.74 Å². The Balaban J connectivity index is 1.71. The maximum Gasteiger partial charge on any atom is 0.165 e. The van der Waals surface area contributed by atoms with E-state index < -0.39 is 0 Å². The first-order valence-electron chi connectivity index (χ1n) is 6.71. The molecule has 1 fully saturated rings. The molecular formula is C14H18N4O. The largest absolute Gasteiger partial charge is 0.452 e. The van der Waals surface area contributed by atoms with Crippen LogP contribution in [0.2, 0.25) is 0 Å². The molecule has 5 nitrogen and oxygen atoms in total. The molecular weight excluding hydrogens is 240 g/mol. The van der Waals surface area contributed by atoms with Crippen molar-refractivity contribution < 1.29 is 4.74 Å². The summed E-state index contributed by atoms with van der Waals surface area (Å²) in [5.74, 6) is 1.55. The van der Waals surface area contributed by atoms with Gasteiger partial charge in [0.2, 0.25) is 0 Å². The van der Waals surface area contributed by atoms with Gasteiger partial charge in [0.1, 0.15) is 5.75 Å². The van der Waals surface area contributed by atoms with Crippen LogP contribution in [0.5, 0.6) is 11.5 Å². The number of nitrogens with one attached hydrogen (secondary N) is 1. The van der Waals surface area contributed by atoms with E-state index in [1.165, 1.54) is 12.8 Å². The lowest BCUT2D eigenvalue weighted by Gasteiger charge is -2.09. The van der Waals surface area contributed by atoms with Crippen molar-refractivity contribution in [1.29, 1.82) is 0 Å². The molecule has 19 heavy (non-hydrogen) atoms. The van der Waals surface area contributed by atoms with E-state index in [0.717, 1.165) is 30.2 Å². The molecule has 0 unspecified atom stereocenters. The van der Waals surface area contributed by atoms with Crippen LogP contribution in [0.3, 0.4) is 0 Å². The van der Waals surface area contributed by atoms with Crippen LogP contribution < -0.4 is 10.1 Å². The highest BCUT2D eigenvalue weighted by molar-refractivity contribution is 5.34. The molecule has 0 atom stereocenters. The van der Waals surface area contributed by atoms with E-state index in [1.807, 2.05) is 23.9 Å². The maximum absolute atomic E-state index is 5.86. The standard InChI is InChI=1S/C14H18N4O/c1-2-18-10-13(8-17-18)19-14-9-15-6-5-11(14)7-16-12-3-4-12/h5-6,8-10,12,16H,2-4,7H2,1H3. The molecule has 0 amide bonds. The van der Waals surface area contributed by atoms with Gasteiger partial charge in [0, 0.05) is 30.9 Å². The Kier molecular flexibility index (Phi) is 3.46. The average molecular weight is 258 g/mol. The minimum Gasteiger partial charge on any atom is -0.452 e. The number of hydrogen-bond acceptors (Lipinski definition) is 4. The van der Waals surface area contributed by atoms with Crippen molar-refractivity contribution in [3.05, 3.63) is 36.4 Å². The topological polar surface area (TPSA) is 52.0 Å². The van der Waals surface area contributed by atoms with E-state index in [1.54, 1.807) is 18.6 Å². The fraction of sp³-hybridized carbons (Fsp3) is 0.429. The number of aryl methyl sites for hydroxylation is 1. The maximum atomic E-state index is 5.86. The van der Waals surface area contributed by atoms with Gasteiger partial charge in [-0.05, 0) is 25.8 Å². The molecule has 0 aliphatic heterocycles. The highest BCUT2D eigenvalue weighted by atomic mass is 16.5. The van der Waals surface area contributed by atoms with Gasteiger partial charge >= 0.3 is 0 Å². The lowest BCUT2D eigenvalue weighted by atomic mass is 10.2. The van der Waals surface area contributed by atoms with Crippen molar-refractivity contribution in [2.75, 3.05) is 0 Å². The molecule has 0 aromatic carbocycles. The summed E-state index contributed by atoms with van der Waals surface area (Å²) >= 11 is 0. The van der Waals surface area contributed by atoms with Gasteiger partial charge in [-0.2, -0.15) is 5.10 Å². The van der Waals surface area contributed by atoms with E-state index in [2.05, 4.69) is 15.4 Å². The molecule has 3 rings (SSSR count). The monoisotopic (exact) mass is 258 g/mol. The first-order valence-corrected chi connectivity index (χ1v) is 6.71. The minimum absolute atomic E-state index is 0.684. The van der Waals surface area contributed by atoms with Crippen LogP contribution in [0.25, 0.3) is 0 Å². The molecule has 1 aliphatic carbocycles. The molecule has 2 aromatic rings. The third-order valence-electron chi connectivity index (χ3n) is 3.19. The summed E-state index contributed by atoms with van der Waals surface area (Å²) in [6.45, 7) is 3.71. The quantitative estimate of drug-likeness (QED) is 0.864. The second-order valence-electron chi connectivity index (χ2n) is 4.77. The van der Waals surface area contributed by atoms with Gasteiger partial charge in [-0.1, -0.05) is 0 Å². The Morgan fingerprint density at radius 3 is 3.05 bits per heavy atom. The fourth-order valence-corrected chi connectivity index (χ4v) is 1.89. The van der Waals surface area contributed by atoms with Gasteiger partial charge < -0.3 is 10.1 Å². The molecule has 0 radical (unpaired) electrons. The van der Waals surface area contributed by atoms with Gasteiger partial charge in [-0.3, -0.25) is 9.67 Å². The van der Waals surface area contributed by atoms with Crippen LogP contribution in [0.4, 0.5) is 0 Å². The summed E-state index contributed by atoms with van der Waals surface area (Å²) < 4.78 is 7.70. The van der Waals surface area contributed by atoms with Crippen LogP contribution in [0.1, 0.15) is 25.3 Å². The Morgan fingerprint density at radius 1 is 1.42 bits per heavy atom. The minimum atomic E-state index is 0.684. The Bertz CT molecular complexity index is 548. The average Bonchev–Trinajstić information content (AvgIpc) is 3.16. The van der Waals surface area contributed by atoms with Crippen LogP contribution >= 0.6 is 0 Å². The Morgan fingerprint density at radius 2 is 2.32 bits per heavy atom. The van der Waals surface area contributed by atoms with Gasteiger partial charge in [-0.15, -0.1) is 0 Å². The van der Waals surface area contributed by atoms with Gasteiger partial charge in [-0.25, -0.2) is 0 Å². The molecule has 5 heteroatoms. The highest BCUT2D eigenvalue weighted by Crippen LogP contribution is 2.25. The molecule has 1 aliphatic rings. The van der Waals surface area contributed by atoms with Gasteiger partial charge in [0.05, 0.1) is 18.6 Å². The zero-order valence-electron chi connectivity index (χ0n) is 11.0. The fourth-order valence-electron chi connectivity index (χ4n) is 1.89. The molecule has 100 valence electrons. The summed E-state index contributed by atoms with van der Waals surface area (Å²) in [5, 5.41) is 7.69. The number of ether oxygens (including phenoxy) is 1. The predicted molar refractivity (Wildman–Crippen MR) is 72.1 cm³/mol. The highest BCUT2D eigenvalue weighted by Gasteiger charge is 2.20. The summed E-state index contributed by atoms with van der Waals surface area (Å²) in [6, 6.07) is 2.68. The third kappa shape index (κ3) is 3.12. The molecule has 1 N–H and O–H groups in total. The third-order valence-corrected chi connectivity index (χ3v) is 3.19. The van der Waals surface area contributed by atoms with Crippen LogP contribution in [-0.2, 0) is 13.1 Å². The van der Waals surface area contributed by atoms with E-state index in [9.17, 15) is 0 Å². The second-order valence-corrected chi connectivity index (χ2v) is 4.77. The second kappa shape index (κ2) is 5.40. The molecule has 0 spiro atoms. The van der Waals surface area contributed by atoms with Gasteiger partial charge in [0.15, 0.2) is 5.75 Å². The van der Waals surface area contributed by atoms with Crippen molar-refractivity contribution in [2.24, 2.45) is 0 Å². The van der Waals surface area contributed by atoms with Crippen molar-refractivity contribution in [2.45, 2.75) is 38.9 Å². The molecule has 0 saturated heterocycles. The Hall–Kier alpha value is -1.88. The normalized spacial score (nSPS) is 14.6. The summed E-state index contributed by atoms with van der Waals surface area (Å²) in [6.07, 6.45) is 9.74. The molecule has 2 aromatic heterocycles. The predicted octanol–water partition coefficient (Wildman–Crippen LogP) is 2.34. The van der Waals surface area contributed by atoms with Crippen molar-refractivity contribution >= 4 is 0 Å². The van der Waals surface area contributed by atoms with Crippen LogP contribution in [0.15, 0.2) is 30.9 Å². The summed E-state index contributed by atoms with van der Waals surface area (Å²) in [5.41, 5.74) is 1.13. The first kappa shape index (κ1) is 12.2. The summed E-state index contributed by atoms with van der Waals surface area (Å²) in [4.78, 5) is 4.13. The lowest BCUT2D eigenvalue weighted by Crippen LogP contribution is -2.15. The smallest absolute Gasteiger partial charge is 0.165 e. The SMILES string of the molecule is CCn1cc(Oc2cnccc2CNC2CC2)cn1. The van der Waals surface area contributed by atoms with Crippen LogP contribution in [-0.4, -0.2) is 20.8 Å². The van der Waals surface area contributed by atoms with Gasteiger partial charge in [0.25, 0.3) is 0 Å². The van der Waals surface area contributed by atoms with Crippen molar-refractivity contribution in [3.8, 4) is 11.5 Å². The molecule has 0 bridgehead atoms. The number of pyridine rings is 1.